The van der Waals surface area contributed by atoms with Crippen LogP contribution in [0.25, 0.3) is 0 Å². The highest BCUT2D eigenvalue weighted by atomic mass is 79.9. The first-order valence-electron chi connectivity index (χ1n) is 5.82. The van der Waals surface area contributed by atoms with Crippen molar-refractivity contribution < 1.29 is 9.90 Å². The zero-order valence-corrected chi connectivity index (χ0v) is 12.0. The predicted octanol–water partition coefficient (Wildman–Crippen LogP) is 1.73. The van der Waals surface area contributed by atoms with Gasteiger partial charge in [-0.3, -0.25) is 0 Å². The monoisotopic (exact) mass is 335 g/mol. The van der Waals surface area contributed by atoms with E-state index in [2.05, 4.69) is 36.8 Å². The first kappa shape index (κ1) is 12.8. The molecule has 20 heavy (non-hydrogen) atoms. The SMILES string of the molecule is Cc1ccc([C@H]2C=C(C(=O)O)Nc3nnnn32)cc1Br. The van der Waals surface area contributed by atoms with Crippen molar-refractivity contribution in [3.05, 3.63) is 45.6 Å². The second kappa shape index (κ2) is 4.71. The summed E-state index contributed by atoms with van der Waals surface area (Å²) >= 11 is 3.47. The fraction of sp³-hybridized carbons (Fsp3) is 0.167. The molecule has 2 aromatic rings. The minimum Gasteiger partial charge on any atom is -0.477 e. The van der Waals surface area contributed by atoms with Crippen LogP contribution in [0.3, 0.4) is 0 Å². The topological polar surface area (TPSA) is 92.9 Å². The zero-order chi connectivity index (χ0) is 14.3. The predicted molar refractivity (Wildman–Crippen MR) is 74.2 cm³/mol. The summed E-state index contributed by atoms with van der Waals surface area (Å²) in [5, 5.41) is 23.1. The minimum atomic E-state index is -1.05. The molecule has 3 rings (SSSR count). The van der Waals surface area contributed by atoms with Gasteiger partial charge in [0.2, 0.25) is 5.95 Å². The molecule has 0 aliphatic carbocycles. The third-order valence-electron chi connectivity index (χ3n) is 3.10. The number of rotatable bonds is 2. The van der Waals surface area contributed by atoms with Gasteiger partial charge in [0, 0.05) is 4.47 Å². The third-order valence-corrected chi connectivity index (χ3v) is 3.95. The second-order valence-electron chi connectivity index (χ2n) is 4.41. The van der Waals surface area contributed by atoms with Crippen molar-refractivity contribution in [2.75, 3.05) is 5.32 Å². The average molecular weight is 336 g/mol. The third kappa shape index (κ3) is 2.07. The molecule has 2 heterocycles. The Kier molecular flexibility index (Phi) is 3.01. The smallest absolute Gasteiger partial charge is 0.352 e. The van der Waals surface area contributed by atoms with Crippen LogP contribution in [0.5, 0.6) is 0 Å². The van der Waals surface area contributed by atoms with Crippen LogP contribution in [0.15, 0.2) is 34.4 Å². The number of nitrogens with zero attached hydrogens (tertiary/aromatic N) is 4. The number of hydrogen-bond donors (Lipinski definition) is 2. The lowest BCUT2D eigenvalue weighted by molar-refractivity contribution is -0.132. The standard InChI is InChI=1S/C12H10BrN5O2/c1-6-2-3-7(4-8(6)13)10-5-9(11(19)20)14-12-15-16-17-18(10)12/h2-5,10H,1H3,(H,19,20)(H,14,15,17)/t10-/m1/s1. The van der Waals surface area contributed by atoms with E-state index in [4.69, 9.17) is 5.11 Å². The number of carbonyl (C=O) groups is 1. The van der Waals surface area contributed by atoms with E-state index in [1.165, 1.54) is 0 Å². The average Bonchev–Trinajstić information content (AvgIpc) is 2.89. The Bertz CT molecular complexity index is 724. The molecule has 2 N–H and O–H groups in total. The van der Waals surface area contributed by atoms with Gasteiger partial charge < -0.3 is 10.4 Å². The van der Waals surface area contributed by atoms with Gasteiger partial charge in [-0.25, -0.2) is 4.79 Å². The molecule has 7 nitrogen and oxygen atoms in total. The quantitative estimate of drug-likeness (QED) is 0.868. The molecule has 1 aliphatic heterocycles. The van der Waals surface area contributed by atoms with Gasteiger partial charge in [-0.1, -0.05) is 33.2 Å². The Labute approximate surface area is 122 Å². The first-order valence-corrected chi connectivity index (χ1v) is 6.61. The Morgan fingerprint density at radius 1 is 1.50 bits per heavy atom. The number of aromatic nitrogens is 4. The van der Waals surface area contributed by atoms with Crippen LogP contribution in [0.4, 0.5) is 5.95 Å². The maximum Gasteiger partial charge on any atom is 0.352 e. The van der Waals surface area contributed by atoms with E-state index in [0.29, 0.717) is 5.95 Å². The fourth-order valence-corrected chi connectivity index (χ4v) is 2.41. The van der Waals surface area contributed by atoms with Crippen molar-refractivity contribution in [1.29, 1.82) is 0 Å². The van der Waals surface area contributed by atoms with Crippen LogP contribution in [0.1, 0.15) is 17.2 Å². The molecule has 1 aliphatic rings. The number of fused-ring (bicyclic) bond motifs is 1. The van der Waals surface area contributed by atoms with Gasteiger partial charge >= 0.3 is 5.97 Å². The first-order chi connectivity index (χ1) is 9.56. The summed E-state index contributed by atoms with van der Waals surface area (Å²) in [6, 6.07) is 5.47. The molecule has 0 radical (unpaired) electrons. The van der Waals surface area contributed by atoms with Crippen LogP contribution in [0.2, 0.25) is 0 Å². The number of aliphatic carboxylic acids is 1. The van der Waals surface area contributed by atoms with E-state index in [-0.39, 0.29) is 11.7 Å². The van der Waals surface area contributed by atoms with Crippen molar-refractivity contribution >= 4 is 27.8 Å². The number of carboxylic acids is 1. The summed E-state index contributed by atoms with van der Waals surface area (Å²) in [5.41, 5.74) is 2.06. The van der Waals surface area contributed by atoms with Crippen LogP contribution < -0.4 is 5.32 Å². The van der Waals surface area contributed by atoms with Crippen LogP contribution in [-0.4, -0.2) is 31.3 Å². The van der Waals surface area contributed by atoms with Crippen molar-refractivity contribution in [3.8, 4) is 0 Å². The molecule has 1 atom stereocenters. The van der Waals surface area contributed by atoms with E-state index in [1.807, 2.05) is 25.1 Å². The van der Waals surface area contributed by atoms with Crippen molar-refractivity contribution in [3.63, 3.8) is 0 Å². The van der Waals surface area contributed by atoms with Crippen molar-refractivity contribution in [2.45, 2.75) is 13.0 Å². The molecular weight excluding hydrogens is 326 g/mol. The van der Waals surface area contributed by atoms with Gasteiger partial charge in [0.05, 0.1) is 0 Å². The number of allylic oxidation sites excluding steroid dienone is 1. The van der Waals surface area contributed by atoms with E-state index >= 15 is 0 Å². The highest BCUT2D eigenvalue weighted by molar-refractivity contribution is 9.10. The van der Waals surface area contributed by atoms with Gasteiger partial charge in [-0.05, 0) is 40.6 Å². The normalized spacial score (nSPS) is 17.1. The molecule has 0 amide bonds. The number of nitrogens with one attached hydrogen (secondary N) is 1. The number of carboxylic acid groups (broad SMARTS) is 1. The highest BCUT2D eigenvalue weighted by Gasteiger charge is 2.26. The highest BCUT2D eigenvalue weighted by Crippen LogP contribution is 2.30. The van der Waals surface area contributed by atoms with E-state index < -0.39 is 5.97 Å². The summed E-state index contributed by atoms with van der Waals surface area (Å²) in [4.78, 5) is 11.2. The zero-order valence-electron chi connectivity index (χ0n) is 10.4. The molecule has 0 bridgehead atoms. The van der Waals surface area contributed by atoms with E-state index in [0.717, 1.165) is 15.6 Å². The molecule has 8 heteroatoms. The summed E-state index contributed by atoms with van der Waals surface area (Å²) in [5.74, 6) is -0.734. The van der Waals surface area contributed by atoms with Crippen LogP contribution in [-0.2, 0) is 4.79 Å². The Balaban J connectivity index is 2.11. The molecule has 102 valence electrons. The lowest BCUT2D eigenvalue weighted by Crippen LogP contribution is -2.24. The largest absolute Gasteiger partial charge is 0.477 e. The Morgan fingerprint density at radius 3 is 3.00 bits per heavy atom. The molecule has 0 spiro atoms. The van der Waals surface area contributed by atoms with Gasteiger partial charge in [-0.15, -0.1) is 0 Å². The number of tetrazole rings is 1. The van der Waals surface area contributed by atoms with Gasteiger partial charge in [0.25, 0.3) is 0 Å². The summed E-state index contributed by atoms with van der Waals surface area (Å²) in [7, 11) is 0. The van der Waals surface area contributed by atoms with Crippen molar-refractivity contribution in [2.24, 2.45) is 0 Å². The number of halogens is 1. The maximum atomic E-state index is 11.2. The Hall–Kier alpha value is -2.22. The number of anilines is 1. The minimum absolute atomic E-state index is 0.0639. The molecule has 1 aromatic heterocycles. The maximum absolute atomic E-state index is 11.2. The summed E-state index contributed by atoms with van der Waals surface area (Å²) in [6.45, 7) is 1.98. The van der Waals surface area contributed by atoms with E-state index in [9.17, 15) is 4.79 Å². The van der Waals surface area contributed by atoms with Gasteiger partial charge in [0.15, 0.2) is 0 Å². The second-order valence-corrected chi connectivity index (χ2v) is 5.27. The molecule has 0 saturated carbocycles. The van der Waals surface area contributed by atoms with Crippen molar-refractivity contribution in [1.82, 2.24) is 20.2 Å². The van der Waals surface area contributed by atoms with E-state index in [1.54, 1.807) is 10.8 Å². The molecule has 1 aromatic carbocycles. The molecule has 0 unspecified atom stereocenters. The molecule has 0 saturated heterocycles. The molecular formula is C12H10BrN5O2. The Morgan fingerprint density at radius 2 is 2.30 bits per heavy atom. The summed E-state index contributed by atoms with van der Waals surface area (Å²) in [6.07, 6.45) is 1.59. The van der Waals surface area contributed by atoms with Crippen LogP contribution in [0, 0.1) is 6.92 Å². The van der Waals surface area contributed by atoms with Crippen LogP contribution >= 0.6 is 15.9 Å². The molecule has 0 fully saturated rings. The van der Waals surface area contributed by atoms with Gasteiger partial charge in [0.1, 0.15) is 11.7 Å². The lowest BCUT2D eigenvalue weighted by Gasteiger charge is -2.21. The lowest BCUT2D eigenvalue weighted by atomic mass is 10.0. The number of aryl methyl sites for hydroxylation is 1. The fourth-order valence-electron chi connectivity index (χ4n) is 2.01. The van der Waals surface area contributed by atoms with Gasteiger partial charge in [-0.2, -0.15) is 4.68 Å². The number of hydrogen-bond acceptors (Lipinski definition) is 5. The number of benzene rings is 1. The summed E-state index contributed by atoms with van der Waals surface area (Å²) < 4.78 is 2.50.